The normalized spacial score (nSPS) is 17.4. The molecule has 0 saturated heterocycles. The molecule has 0 spiro atoms. The van der Waals surface area contributed by atoms with Crippen LogP contribution >= 0.6 is 0 Å². The average Bonchev–Trinajstić information content (AvgIpc) is 3.23. The lowest BCUT2D eigenvalue weighted by molar-refractivity contribution is 0.0918. The molecule has 5 heteroatoms. The van der Waals surface area contributed by atoms with Crippen LogP contribution in [0.3, 0.4) is 0 Å². The Morgan fingerprint density at radius 3 is 2.88 bits per heavy atom. The molecule has 1 aromatic carbocycles. The van der Waals surface area contributed by atoms with Gasteiger partial charge in [-0.3, -0.25) is 4.79 Å². The van der Waals surface area contributed by atoms with Gasteiger partial charge in [0.05, 0.1) is 5.69 Å². The Bertz CT molecular complexity index is 792. The van der Waals surface area contributed by atoms with E-state index >= 15 is 0 Å². The van der Waals surface area contributed by atoms with Crippen molar-refractivity contribution in [1.82, 2.24) is 15.1 Å². The molecule has 0 aliphatic heterocycles. The zero-order chi connectivity index (χ0) is 17.4. The Kier molecular flexibility index (Phi) is 4.34. The molecular formula is C20H25N3O2. The van der Waals surface area contributed by atoms with Gasteiger partial charge in [0.15, 0.2) is 5.69 Å². The van der Waals surface area contributed by atoms with Crippen molar-refractivity contribution in [2.24, 2.45) is 5.92 Å². The minimum absolute atomic E-state index is 0.0677. The molecule has 1 atom stereocenters. The molecular weight excluding hydrogens is 314 g/mol. The quantitative estimate of drug-likeness (QED) is 0.850. The van der Waals surface area contributed by atoms with Crippen LogP contribution < -0.4 is 5.32 Å². The van der Waals surface area contributed by atoms with Crippen LogP contribution in [0.4, 0.5) is 0 Å². The average molecular weight is 339 g/mol. The Morgan fingerprint density at radius 1 is 1.36 bits per heavy atom. The van der Waals surface area contributed by atoms with Gasteiger partial charge in [0.25, 0.3) is 5.91 Å². The fraction of sp³-hybridized carbons (Fsp3) is 0.500. The molecule has 4 rings (SSSR count). The Labute approximate surface area is 148 Å². The highest BCUT2D eigenvalue weighted by molar-refractivity contribution is 5.94. The number of aryl methyl sites for hydroxylation is 1. The number of aliphatic hydroxyl groups is 1. The Morgan fingerprint density at radius 2 is 2.16 bits per heavy atom. The van der Waals surface area contributed by atoms with Crippen LogP contribution in [0.25, 0.3) is 5.69 Å². The van der Waals surface area contributed by atoms with Crippen molar-refractivity contribution in [3.05, 3.63) is 46.8 Å². The van der Waals surface area contributed by atoms with Crippen LogP contribution in [0.15, 0.2) is 24.3 Å². The van der Waals surface area contributed by atoms with Gasteiger partial charge in [0.1, 0.15) is 0 Å². The van der Waals surface area contributed by atoms with Crippen molar-refractivity contribution in [3.63, 3.8) is 0 Å². The summed E-state index contributed by atoms with van der Waals surface area (Å²) in [6.07, 6.45) is 5.85. The number of para-hydroxylation sites is 1. The van der Waals surface area contributed by atoms with Gasteiger partial charge < -0.3 is 10.4 Å². The maximum absolute atomic E-state index is 12.9. The van der Waals surface area contributed by atoms with Gasteiger partial charge >= 0.3 is 0 Å². The van der Waals surface area contributed by atoms with Gasteiger partial charge in [-0.25, -0.2) is 4.68 Å². The molecule has 1 fully saturated rings. The lowest BCUT2D eigenvalue weighted by Crippen LogP contribution is -2.37. The number of carbonyl (C=O) groups is 1. The van der Waals surface area contributed by atoms with E-state index in [1.54, 1.807) is 0 Å². The SMILES string of the molecule is Cc1ccccc1-n1nc(C(=O)NC(CCO)C2CC2)c2c1CCC2. The molecule has 1 amide bonds. The molecule has 25 heavy (non-hydrogen) atoms. The number of carbonyl (C=O) groups excluding carboxylic acids is 1. The van der Waals surface area contributed by atoms with E-state index in [1.807, 2.05) is 16.8 Å². The van der Waals surface area contributed by atoms with Gasteiger partial charge in [-0.15, -0.1) is 0 Å². The number of rotatable bonds is 6. The molecule has 1 unspecified atom stereocenters. The molecule has 5 nitrogen and oxygen atoms in total. The second kappa shape index (κ2) is 6.64. The van der Waals surface area contributed by atoms with E-state index in [-0.39, 0.29) is 18.6 Å². The summed E-state index contributed by atoms with van der Waals surface area (Å²) in [4.78, 5) is 12.9. The third-order valence-corrected chi connectivity index (χ3v) is 5.44. The van der Waals surface area contributed by atoms with Crippen LogP contribution in [0, 0.1) is 12.8 Å². The number of nitrogens with one attached hydrogen (secondary N) is 1. The minimum Gasteiger partial charge on any atom is -0.396 e. The third-order valence-electron chi connectivity index (χ3n) is 5.44. The second-order valence-electron chi connectivity index (χ2n) is 7.26. The highest BCUT2D eigenvalue weighted by Crippen LogP contribution is 2.34. The zero-order valence-corrected chi connectivity index (χ0v) is 14.7. The summed E-state index contributed by atoms with van der Waals surface area (Å²) < 4.78 is 1.96. The number of nitrogens with zero attached hydrogens (tertiary/aromatic N) is 2. The Hall–Kier alpha value is -2.14. The summed E-state index contributed by atoms with van der Waals surface area (Å²) in [5.74, 6) is 0.429. The first kappa shape index (κ1) is 16.3. The molecule has 2 N–H and O–H groups in total. The predicted octanol–water partition coefficient (Wildman–Crippen LogP) is 2.56. The zero-order valence-electron chi connectivity index (χ0n) is 14.7. The first-order valence-electron chi connectivity index (χ1n) is 9.27. The molecule has 0 radical (unpaired) electrons. The summed E-state index contributed by atoms with van der Waals surface area (Å²) >= 11 is 0. The molecule has 2 aromatic rings. The van der Waals surface area contributed by atoms with E-state index in [0.717, 1.165) is 48.9 Å². The molecule has 2 aliphatic carbocycles. The number of aromatic nitrogens is 2. The fourth-order valence-electron chi connectivity index (χ4n) is 3.92. The second-order valence-corrected chi connectivity index (χ2v) is 7.26. The smallest absolute Gasteiger partial charge is 0.272 e. The standard InChI is InChI=1S/C20H25N3O2/c1-13-5-2-3-7-17(13)23-18-8-4-6-15(18)19(22-23)20(25)21-16(11-12-24)14-9-10-14/h2-3,5,7,14,16,24H,4,6,8-12H2,1H3,(H,21,25). The third kappa shape index (κ3) is 3.09. The summed E-state index contributed by atoms with van der Waals surface area (Å²) in [5, 5.41) is 17.1. The number of hydrogen-bond acceptors (Lipinski definition) is 3. The lowest BCUT2D eigenvalue weighted by atomic mass is 10.1. The molecule has 1 aromatic heterocycles. The molecule has 1 saturated carbocycles. The summed E-state index contributed by atoms with van der Waals surface area (Å²) in [6.45, 7) is 2.18. The maximum Gasteiger partial charge on any atom is 0.272 e. The van der Waals surface area contributed by atoms with Crippen LogP contribution in [0.1, 0.15) is 53.0 Å². The van der Waals surface area contributed by atoms with Gasteiger partial charge in [0.2, 0.25) is 0 Å². The monoisotopic (exact) mass is 339 g/mol. The van der Waals surface area contributed by atoms with Crippen molar-refractivity contribution >= 4 is 5.91 Å². The predicted molar refractivity (Wildman–Crippen MR) is 96.0 cm³/mol. The number of hydrogen-bond donors (Lipinski definition) is 2. The van der Waals surface area contributed by atoms with E-state index in [9.17, 15) is 9.90 Å². The number of fused-ring (bicyclic) bond motifs is 1. The van der Waals surface area contributed by atoms with E-state index in [2.05, 4.69) is 24.4 Å². The van der Waals surface area contributed by atoms with Crippen molar-refractivity contribution in [2.75, 3.05) is 6.61 Å². The topological polar surface area (TPSA) is 67.2 Å². The molecule has 0 bridgehead atoms. The summed E-state index contributed by atoms with van der Waals surface area (Å²) in [7, 11) is 0. The van der Waals surface area contributed by atoms with Crippen LogP contribution in [0.2, 0.25) is 0 Å². The van der Waals surface area contributed by atoms with Crippen molar-refractivity contribution in [3.8, 4) is 5.69 Å². The van der Waals surface area contributed by atoms with Crippen molar-refractivity contribution in [1.29, 1.82) is 0 Å². The fourth-order valence-corrected chi connectivity index (χ4v) is 3.92. The van der Waals surface area contributed by atoms with Gasteiger partial charge in [0, 0.05) is 23.9 Å². The van der Waals surface area contributed by atoms with Crippen LogP contribution in [-0.2, 0) is 12.8 Å². The minimum atomic E-state index is -0.0872. The molecule has 2 aliphatic rings. The maximum atomic E-state index is 12.9. The number of benzene rings is 1. The van der Waals surface area contributed by atoms with Crippen LogP contribution in [-0.4, -0.2) is 33.4 Å². The number of aliphatic hydroxyl groups excluding tert-OH is 1. The van der Waals surface area contributed by atoms with E-state index in [1.165, 1.54) is 5.69 Å². The van der Waals surface area contributed by atoms with Crippen molar-refractivity contribution < 1.29 is 9.90 Å². The highest BCUT2D eigenvalue weighted by Gasteiger charge is 2.34. The van der Waals surface area contributed by atoms with E-state index in [0.29, 0.717) is 18.0 Å². The summed E-state index contributed by atoms with van der Waals surface area (Å²) in [5.41, 5.74) is 5.04. The number of amides is 1. The largest absolute Gasteiger partial charge is 0.396 e. The van der Waals surface area contributed by atoms with Gasteiger partial charge in [-0.05, 0) is 63.0 Å². The Balaban J connectivity index is 1.65. The summed E-state index contributed by atoms with van der Waals surface area (Å²) in [6, 6.07) is 8.23. The first-order chi connectivity index (χ1) is 12.2. The van der Waals surface area contributed by atoms with Gasteiger partial charge in [-0.1, -0.05) is 18.2 Å². The molecule has 1 heterocycles. The van der Waals surface area contributed by atoms with Gasteiger partial charge in [-0.2, -0.15) is 5.10 Å². The van der Waals surface area contributed by atoms with Crippen LogP contribution in [0.5, 0.6) is 0 Å². The molecule has 132 valence electrons. The van der Waals surface area contributed by atoms with E-state index < -0.39 is 0 Å². The highest BCUT2D eigenvalue weighted by atomic mass is 16.3. The first-order valence-corrected chi connectivity index (χ1v) is 9.27. The van der Waals surface area contributed by atoms with Crippen molar-refractivity contribution in [2.45, 2.75) is 51.5 Å². The van der Waals surface area contributed by atoms with E-state index in [4.69, 9.17) is 5.10 Å². The lowest BCUT2D eigenvalue weighted by Gasteiger charge is -2.16.